The molecule has 3 rings (SSSR count). The lowest BCUT2D eigenvalue weighted by Crippen LogP contribution is -2.32. The summed E-state index contributed by atoms with van der Waals surface area (Å²) < 4.78 is 0. The number of halogens is 1. The van der Waals surface area contributed by atoms with Crippen LogP contribution >= 0.6 is 24.2 Å². The molecule has 0 radical (unpaired) electrons. The van der Waals surface area contributed by atoms with Crippen LogP contribution in [0.5, 0.6) is 0 Å². The lowest BCUT2D eigenvalue weighted by atomic mass is 10.0. The topological polar surface area (TPSA) is 15.6 Å². The van der Waals surface area contributed by atoms with Crippen LogP contribution in [0.25, 0.3) is 0 Å². The summed E-state index contributed by atoms with van der Waals surface area (Å²) in [6.45, 7) is 2.11. The fourth-order valence-corrected chi connectivity index (χ4v) is 3.11. The highest BCUT2D eigenvalue weighted by Crippen LogP contribution is 2.30. The average molecular weight is 255 g/mol. The van der Waals surface area contributed by atoms with E-state index in [1.54, 1.807) is 0 Å². The highest BCUT2D eigenvalue weighted by Gasteiger charge is 2.22. The number of anilines is 1. The summed E-state index contributed by atoms with van der Waals surface area (Å²) in [5.74, 6) is 1.15. The number of amidine groups is 1. The zero-order valence-electron chi connectivity index (χ0n) is 9.06. The van der Waals surface area contributed by atoms with E-state index in [1.807, 2.05) is 11.8 Å². The van der Waals surface area contributed by atoms with E-state index in [0.717, 1.165) is 18.8 Å². The number of aryl methyl sites for hydroxylation is 1. The van der Waals surface area contributed by atoms with Crippen LogP contribution in [0, 0.1) is 0 Å². The van der Waals surface area contributed by atoms with Gasteiger partial charge in [0.05, 0.1) is 6.54 Å². The van der Waals surface area contributed by atoms with E-state index in [4.69, 9.17) is 0 Å². The molecule has 0 fully saturated rings. The van der Waals surface area contributed by atoms with Crippen molar-refractivity contribution in [1.82, 2.24) is 0 Å². The van der Waals surface area contributed by atoms with Gasteiger partial charge in [0.1, 0.15) is 0 Å². The minimum atomic E-state index is 0. The van der Waals surface area contributed by atoms with Gasteiger partial charge in [-0.1, -0.05) is 30.0 Å². The molecule has 0 N–H and O–H groups in total. The Kier molecular flexibility index (Phi) is 3.77. The van der Waals surface area contributed by atoms with Gasteiger partial charge in [-0.3, -0.25) is 4.99 Å². The second-order valence-electron chi connectivity index (χ2n) is 3.90. The average Bonchev–Trinajstić information content (AvgIpc) is 2.82. The van der Waals surface area contributed by atoms with Crippen LogP contribution in [-0.2, 0) is 6.42 Å². The fraction of sp³-hybridized carbons (Fsp3) is 0.417. The second kappa shape index (κ2) is 5.11. The molecule has 2 aliphatic heterocycles. The molecule has 0 saturated carbocycles. The first-order valence-corrected chi connectivity index (χ1v) is 6.46. The Bertz CT molecular complexity index is 406. The molecule has 0 atom stereocenters. The predicted octanol–water partition coefficient (Wildman–Crippen LogP) is 2.96. The number of benzene rings is 1. The zero-order chi connectivity index (χ0) is 10.1. The molecule has 4 heteroatoms. The highest BCUT2D eigenvalue weighted by molar-refractivity contribution is 8.14. The van der Waals surface area contributed by atoms with Crippen molar-refractivity contribution in [3.63, 3.8) is 0 Å². The molecule has 2 nitrogen and oxygen atoms in total. The van der Waals surface area contributed by atoms with Crippen molar-refractivity contribution in [2.75, 3.05) is 23.7 Å². The fourth-order valence-electron chi connectivity index (χ4n) is 2.22. The van der Waals surface area contributed by atoms with Crippen LogP contribution in [0.15, 0.2) is 29.3 Å². The summed E-state index contributed by atoms with van der Waals surface area (Å²) in [4.78, 5) is 6.95. The third kappa shape index (κ3) is 2.06. The predicted molar refractivity (Wildman–Crippen MR) is 74.1 cm³/mol. The third-order valence-electron chi connectivity index (χ3n) is 2.91. The van der Waals surface area contributed by atoms with Gasteiger partial charge in [-0.15, -0.1) is 12.4 Å². The first-order chi connectivity index (χ1) is 7.45. The van der Waals surface area contributed by atoms with E-state index >= 15 is 0 Å². The maximum atomic E-state index is 4.56. The molecular weight excluding hydrogens is 240 g/mol. The number of nitrogens with zero attached hydrogens (tertiary/aromatic N) is 2. The molecule has 0 unspecified atom stereocenters. The van der Waals surface area contributed by atoms with Crippen molar-refractivity contribution in [3.05, 3.63) is 29.8 Å². The lowest BCUT2D eigenvalue weighted by molar-refractivity contribution is 0.781. The van der Waals surface area contributed by atoms with Crippen LogP contribution in [-0.4, -0.2) is 24.0 Å². The molecule has 16 heavy (non-hydrogen) atoms. The van der Waals surface area contributed by atoms with Crippen LogP contribution in [0.1, 0.15) is 12.0 Å². The lowest BCUT2D eigenvalue weighted by Gasteiger charge is -2.30. The monoisotopic (exact) mass is 254 g/mol. The largest absolute Gasteiger partial charge is 0.321 e. The van der Waals surface area contributed by atoms with E-state index in [0.29, 0.717) is 0 Å². The van der Waals surface area contributed by atoms with E-state index in [2.05, 4.69) is 34.2 Å². The Morgan fingerprint density at radius 3 is 2.94 bits per heavy atom. The Hall–Kier alpha value is -0.670. The van der Waals surface area contributed by atoms with Gasteiger partial charge in [0, 0.05) is 18.0 Å². The third-order valence-corrected chi connectivity index (χ3v) is 3.91. The summed E-state index contributed by atoms with van der Waals surface area (Å²) in [6, 6.07) is 8.71. The number of fused-ring (bicyclic) bond motifs is 1. The van der Waals surface area contributed by atoms with Crippen molar-refractivity contribution in [3.8, 4) is 0 Å². The summed E-state index contributed by atoms with van der Waals surface area (Å²) >= 11 is 1.89. The molecule has 0 amide bonds. The van der Waals surface area contributed by atoms with Crippen molar-refractivity contribution < 1.29 is 0 Å². The summed E-state index contributed by atoms with van der Waals surface area (Å²) in [5, 5.41) is 1.22. The number of para-hydroxylation sites is 1. The smallest absolute Gasteiger partial charge is 0.163 e. The Balaban J connectivity index is 0.000000963. The van der Waals surface area contributed by atoms with Gasteiger partial charge < -0.3 is 4.90 Å². The van der Waals surface area contributed by atoms with Gasteiger partial charge in [0.25, 0.3) is 0 Å². The second-order valence-corrected chi connectivity index (χ2v) is 4.96. The number of hydrogen-bond donors (Lipinski definition) is 0. The number of thioether (sulfide) groups is 1. The van der Waals surface area contributed by atoms with Gasteiger partial charge in [0.2, 0.25) is 0 Å². The molecule has 1 aromatic carbocycles. The van der Waals surface area contributed by atoms with Gasteiger partial charge in [-0.05, 0) is 24.5 Å². The number of rotatable bonds is 0. The molecule has 0 spiro atoms. The van der Waals surface area contributed by atoms with Gasteiger partial charge in [-0.2, -0.15) is 0 Å². The quantitative estimate of drug-likeness (QED) is 0.708. The SMILES string of the molecule is Cl.c1ccc2c(c1)CCCN2C1=NCCS1. The van der Waals surface area contributed by atoms with Crippen LogP contribution < -0.4 is 4.90 Å². The maximum absolute atomic E-state index is 4.56. The molecule has 2 aliphatic rings. The molecular formula is C12H15ClN2S. The summed E-state index contributed by atoms with van der Waals surface area (Å²) in [6.07, 6.45) is 2.46. The highest BCUT2D eigenvalue weighted by atomic mass is 35.5. The maximum Gasteiger partial charge on any atom is 0.163 e. The number of aliphatic imine (C=N–C) groups is 1. The minimum Gasteiger partial charge on any atom is -0.321 e. The van der Waals surface area contributed by atoms with Crippen LogP contribution in [0.3, 0.4) is 0 Å². The molecule has 2 heterocycles. The Labute approximate surface area is 107 Å². The van der Waals surface area contributed by atoms with Crippen molar-refractivity contribution in [2.45, 2.75) is 12.8 Å². The molecule has 0 aliphatic carbocycles. The van der Waals surface area contributed by atoms with Crippen molar-refractivity contribution in [2.24, 2.45) is 4.99 Å². The zero-order valence-corrected chi connectivity index (χ0v) is 10.7. The van der Waals surface area contributed by atoms with E-state index in [9.17, 15) is 0 Å². The van der Waals surface area contributed by atoms with Crippen molar-refractivity contribution >= 4 is 35.0 Å². The molecule has 0 aromatic heterocycles. The van der Waals surface area contributed by atoms with Crippen LogP contribution in [0.2, 0.25) is 0 Å². The molecule has 0 bridgehead atoms. The van der Waals surface area contributed by atoms with Gasteiger partial charge in [0.15, 0.2) is 5.17 Å². The first kappa shape index (κ1) is 11.8. The molecule has 86 valence electrons. The summed E-state index contributed by atoms with van der Waals surface area (Å²) in [7, 11) is 0. The Morgan fingerprint density at radius 2 is 2.12 bits per heavy atom. The normalized spacial score (nSPS) is 18.8. The van der Waals surface area contributed by atoms with E-state index in [1.165, 1.54) is 29.3 Å². The summed E-state index contributed by atoms with van der Waals surface area (Å²) in [5.41, 5.74) is 2.84. The van der Waals surface area contributed by atoms with E-state index in [-0.39, 0.29) is 12.4 Å². The standard InChI is InChI=1S/C12H14N2S.ClH/c1-2-6-11-10(4-1)5-3-8-14(11)12-13-7-9-15-12;/h1-2,4,6H,3,5,7-9H2;1H. The van der Waals surface area contributed by atoms with Crippen LogP contribution in [0.4, 0.5) is 5.69 Å². The van der Waals surface area contributed by atoms with Gasteiger partial charge in [-0.25, -0.2) is 0 Å². The first-order valence-electron chi connectivity index (χ1n) is 5.48. The van der Waals surface area contributed by atoms with Gasteiger partial charge >= 0.3 is 0 Å². The number of hydrogen-bond acceptors (Lipinski definition) is 3. The van der Waals surface area contributed by atoms with E-state index < -0.39 is 0 Å². The Morgan fingerprint density at radius 1 is 1.25 bits per heavy atom. The molecule has 1 aromatic rings. The van der Waals surface area contributed by atoms with Crippen molar-refractivity contribution in [1.29, 1.82) is 0 Å². The minimum absolute atomic E-state index is 0. The molecule has 0 saturated heterocycles.